The van der Waals surface area contributed by atoms with E-state index in [-0.39, 0.29) is 13.3 Å². The quantitative estimate of drug-likeness (QED) is 0.745. The number of pyridine rings is 1. The van der Waals surface area contributed by atoms with Gasteiger partial charge in [-0.1, -0.05) is 0 Å². The van der Waals surface area contributed by atoms with Gasteiger partial charge in [-0.05, 0) is 18.6 Å². The molecule has 1 aromatic heterocycles. The summed E-state index contributed by atoms with van der Waals surface area (Å²) in [6, 6.07) is 1.75. The van der Waals surface area contributed by atoms with Crippen molar-refractivity contribution in [2.45, 2.75) is 13.5 Å². The van der Waals surface area contributed by atoms with E-state index < -0.39 is 0 Å². The van der Waals surface area contributed by atoms with E-state index in [9.17, 15) is 5.11 Å². The van der Waals surface area contributed by atoms with Crippen molar-refractivity contribution < 1.29 is 5.11 Å². The third kappa shape index (κ3) is 3.44. The van der Waals surface area contributed by atoms with Crippen molar-refractivity contribution in [1.82, 2.24) is 10.3 Å². The van der Waals surface area contributed by atoms with Crippen LogP contribution in [0.25, 0.3) is 0 Å². The van der Waals surface area contributed by atoms with Crippen LogP contribution in [0.5, 0.6) is 5.75 Å². The molecule has 0 saturated carbocycles. The van der Waals surface area contributed by atoms with E-state index >= 15 is 0 Å². The molecule has 0 aliphatic rings. The van der Waals surface area contributed by atoms with E-state index in [1.807, 2.05) is 0 Å². The van der Waals surface area contributed by atoms with Crippen LogP contribution in [-0.4, -0.2) is 29.3 Å². The van der Waals surface area contributed by atoms with Crippen molar-refractivity contribution in [3.63, 3.8) is 0 Å². The number of aryl methyl sites for hydroxylation is 1. The molecule has 0 amide bonds. The highest BCUT2D eigenvalue weighted by Gasteiger charge is 2.01. The van der Waals surface area contributed by atoms with E-state index in [1.165, 1.54) is 0 Å². The summed E-state index contributed by atoms with van der Waals surface area (Å²) in [7, 11) is -0.155. The molecule has 76 valence electrons. The van der Waals surface area contributed by atoms with Crippen molar-refractivity contribution in [2.24, 2.45) is 0 Å². The van der Waals surface area contributed by atoms with Crippen molar-refractivity contribution >= 4 is 13.8 Å². The molecule has 14 heavy (non-hydrogen) atoms. The zero-order valence-corrected chi connectivity index (χ0v) is 9.51. The summed E-state index contributed by atoms with van der Waals surface area (Å²) < 4.78 is 0. The molecule has 1 heterocycles. The van der Waals surface area contributed by atoms with Crippen LogP contribution in [0.3, 0.4) is 0 Å². The SMILES string of the molecule is C=[P+](C)CNCc1cnc(C)c(O)c1. The number of hydrogen-bond acceptors (Lipinski definition) is 3. The van der Waals surface area contributed by atoms with E-state index in [4.69, 9.17) is 0 Å². The van der Waals surface area contributed by atoms with E-state index in [0.717, 1.165) is 18.4 Å². The van der Waals surface area contributed by atoms with Gasteiger partial charge in [-0.3, -0.25) is 10.3 Å². The maximum Gasteiger partial charge on any atom is 0.156 e. The van der Waals surface area contributed by atoms with Crippen molar-refractivity contribution in [1.29, 1.82) is 0 Å². The van der Waals surface area contributed by atoms with E-state index in [0.29, 0.717) is 5.69 Å². The minimum absolute atomic E-state index is 0.155. The fraction of sp³-hybridized carbons (Fsp3) is 0.400. The minimum Gasteiger partial charge on any atom is -0.506 e. The van der Waals surface area contributed by atoms with Gasteiger partial charge in [0.1, 0.15) is 5.75 Å². The first-order chi connectivity index (χ1) is 6.59. The number of aromatic hydroxyl groups is 1. The summed E-state index contributed by atoms with van der Waals surface area (Å²) in [5.74, 6) is 0.262. The maximum atomic E-state index is 9.41. The first kappa shape index (κ1) is 11.2. The van der Waals surface area contributed by atoms with Crippen LogP contribution in [0.4, 0.5) is 0 Å². The Bertz CT molecular complexity index is 339. The Labute approximate surface area is 85.6 Å². The predicted molar refractivity (Wildman–Crippen MR) is 62.3 cm³/mol. The fourth-order valence-corrected chi connectivity index (χ4v) is 1.54. The Morgan fingerprint density at radius 2 is 2.36 bits per heavy atom. The van der Waals surface area contributed by atoms with Gasteiger partial charge in [0.2, 0.25) is 0 Å². The second-order valence-electron chi connectivity index (χ2n) is 3.39. The van der Waals surface area contributed by atoms with Crippen molar-refractivity contribution in [2.75, 3.05) is 13.0 Å². The lowest BCUT2D eigenvalue weighted by Gasteiger charge is -2.02. The molecule has 0 radical (unpaired) electrons. The second kappa shape index (κ2) is 5.08. The molecule has 0 saturated heterocycles. The van der Waals surface area contributed by atoms with Gasteiger partial charge in [0.05, 0.1) is 26.2 Å². The number of aromatic nitrogens is 1. The standard InChI is InChI=1S/C10H15N2OP/c1-8-10(13)4-9(6-12-8)5-11-7-14(2)3/h4,6,11H,2,5,7H2,1,3H3/p+1. The summed E-state index contributed by atoms with van der Waals surface area (Å²) in [4.78, 5) is 4.08. The lowest BCUT2D eigenvalue weighted by Crippen LogP contribution is -2.12. The fourth-order valence-electron chi connectivity index (χ4n) is 1.05. The van der Waals surface area contributed by atoms with Crippen molar-refractivity contribution in [3.8, 4) is 5.75 Å². The number of rotatable bonds is 4. The Balaban J connectivity index is 2.51. The topological polar surface area (TPSA) is 45.2 Å². The van der Waals surface area contributed by atoms with Gasteiger partial charge < -0.3 is 5.11 Å². The van der Waals surface area contributed by atoms with Gasteiger partial charge in [-0.2, -0.15) is 0 Å². The van der Waals surface area contributed by atoms with Gasteiger partial charge in [0.25, 0.3) is 0 Å². The average Bonchev–Trinajstić information content (AvgIpc) is 2.10. The molecular weight excluding hydrogens is 195 g/mol. The Morgan fingerprint density at radius 3 is 2.93 bits per heavy atom. The average molecular weight is 211 g/mol. The Kier molecular flexibility index (Phi) is 4.05. The highest BCUT2D eigenvalue weighted by molar-refractivity contribution is 7.54. The van der Waals surface area contributed by atoms with Crippen LogP contribution in [0.15, 0.2) is 12.3 Å². The molecule has 4 heteroatoms. The number of hydrogen-bond donors (Lipinski definition) is 2. The van der Waals surface area contributed by atoms with Crippen LogP contribution in [-0.2, 0) is 6.54 Å². The molecule has 2 N–H and O–H groups in total. The molecule has 0 spiro atoms. The van der Waals surface area contributed by atoms with E-state index in [1.54, 1.807) is 19.2 Å². The maximum absolute atomic E-state index is 9.41. The molecule has 0 bridgehead atoms. The molecule has 1 aromatic rings. The first-order valence-electron chi connectivity index (χ1n) is 4.46. The summed E-state index contributed by atoms with van der Waals surface area (Å²) in [6.45, 7) is 4.64. The summed E-state index contributed by atoms with van der Waals surface area (Å²) in [6.07, 6.45) is 6.65. The highest BCUT2D eigenvalue weighted by Crippen LogP contribution is 2.15. The van der Waals surface area contributed by atoms with Gasteiger partial charge in [-0.25, -0.2) is 0 Å². The second-order valence-corrected chi connectivity index (χ2v) is 5.42. The van der Waals surface area contributed by atoms with Crippen molar-refractivity contribution in [3.05, 3.63) is 23.5 Å². The van der Waals surface area contributed by atoms with Gasteiger partial charge >= 0.3 is 0 Å². The van der Waals surface area contributed by atoms with Crippen LogP contribution < -0.4 is 5.32 Å². The molecule has 1 rings (SSSR count). The lowest BCUT2D eigenvalue weighted by molar-refractivity contribution is 0.466. The largest absolute Gasteiger partial charge is 0.506 e. The smallest absolute Gasteiger partial charge is 0.156 e. The van der Waals surface area contributed by atoms with Gasteiger partial charge in [0.15, 0.2) is 6.29 Å². The van der Waals surface area contributed by atoms with Crippen LogP contribution in [0.1, 0.15) is 11.3 Å². The molecular formula is C10H16N2OP+. The van der Waals surface area contributed by atoms with E-state index in [2.05, 4.69) is 23.3 Å². The zero-order valence-electron chi connectivity index (χ0n) is 8.62. The first-order valence-corrected chi connectivity index (χ1v) is 6.62. The van der Waals surface area contributed by atoms with Crippen LogP contribution in [0.2, 0.25) is 0 Å². The Hall–Kier alpha value is -0.920. The molecule has 0 aliphatic heterocycles. The minimum atomic E-state index is -0.155. The predicted octanol–water partition coefficient (Wildman–Crippen LogP) is 1.69. The summed E-state index contributed by atoms with van der Waals surface area (Å²) >= 11 is 0. The van der Waals surface area contributed by atoms with Gasteiger partial charge in [0, 0.05) is 12.7 Å². The molecule has 0 aliphatic carbocycles. The number of nitrogens with zero attached hydrogens (tertiary/aromatic N) is 1. The third-order valence-corrected chi connectivity index (χ3v) is 2.59. The summed E-state index contributed by atoms with van der Waals surface area (Å²) in [5.41, 5.74) is 1.67. The normalized spacial score (nSPS) is 11.4. The van der Waals surface area contributed by atoms with Gasteiger partial charge in [-0.15, -0.1) is 0 Å². The highest BCUT2D eigenvalue weighted by atomic mass is 31.1. The molecule has 1 atom stereocenters. The zero-order chi connectivity index (χ0) is 10.6. The van der Waals surface area contributed by atoms with Crippen LogP contribution in [0, 0.1) is 6.92 Å². The lowest BCUT2D eigenvalue weighted by atomic mass is 10.2. The molecule has 3 nitrogen and oxygen atoms in total. The van der Waals surface area contributed by atoms with Crippen LogP contribution >= 0.6 is 7.55 Å². The molecule has 0 aromatic carbocycles. The third-order valence-electron chi connectivity index (χ3n) is 1.83. The Morgan fingerprint density at radius 1 is 1.64 bits per heavy atom. The number of nitrogens with one attached hydrogen (secondary N) is 1. The molecule has 0 fully saturated rings. The summed E-state index contributed by atoms with van der Waals surface area (Å²) in [5, 5.41) is 12.7. The molecule has 1 unspecified atom stereocenters. The monoisotopic (exact) mass is 211 g/mol.